The van der Waals surface area contributed by atoms with Crippen LogP contribution < -0.4 is 5.32 Å². The number of carbonyl (C=O) groups excluding carboxylic acids is 1. The van der Waals surface area contributed by atoms with Crippen LogP contribution in [-0.2, 0) is 4.79 Å². The molecule has 3 nitrogen and oxygen atoms in total. The summed E-state index contributed by atoms with van der Waals surface area (Å²) in [5, 5.41) is 5.55. The zero-order valence-electron chi connectivity index (χ0n) is 11.3. The third kappa shape index (κ3) is 1.93. The van der Waals surface area contributed by atoms with Crippen molar-refractivity contribution in [2.75, 3.05) is 6.54 Å². The Morgan fingerprint density at radius 1 is 1.47 bits per heavy atom. The van der Waals surface area contributed by atoms with Crippen molar-refractivity contribution in [3.05, 3.63) is 22.4 Å². The summed E-state index contributed by atoms with van der Waals surface area (Å²) in [6.07, 6.45) is 5.53. The second kappa shape index (κ2) is 4.06. The molecule has 102 valence electrons. The molecular weight excluding hydrogens is 256 g/mol. The maximum absolute atomic E-state index is 12.4. The summed E-state index contributed by atoms with van der Waals surface area (Å²) in [7, 11) is 0. The minimum absolute atomic E-state index is 0.0397. The van der Waals surface area contributed by atoms with Gasteiger partial charge in [0.25, 0.3) is 0 Å². The Labute approximate surface area is 118 Å². The van der Waals surface area contributed by atoms with Crippen LogP contribution in [0.2, 0.25) is 0 Å². The van der Waals surface area contributed by atoms with E-state index in [-0.39, 0.29) is 18.1 Å². The van der Waals surface area contributed by atoms with Gasteiger partial charge in [-0.2, -0.15) is 0 Å². The quantitative estimate of drug-likeness (QED) is 0.917. The highest BCUT2D eigenvalue weighted by molar-refractivity contribution is 7.10. The third-order valence-electron chi connectivity index (χ3n) is 5.01. The van der Waals surface area contributed by atoms with Crippen LogP contribution in [0.25, 0.3) is 0 Å². The number of hydrogen-bond acceptors (Lipinski definition) is 3. The molecule has 1 aliphatic heterocycles. The largest absolute Gasteiger partial charge is 0.320 e. The number of nitrogens with one attached hydrogen (secondary N) is 1. The van der Waals surface area contributed by atoms with Gasteiger partial charge in [0.05, 0.1) is 6.04 Å². The van der Waals surface area contributed by atoms with E-state index < -0.39 is 0 Å². The summed E-state index contributed by atoms with van der Waals surface area (Å²) in [6, 6.07) is 4.17. The minimum Gasteiger partial charge on any atom is -0.320 e. The van der Waals surface area contributed by atoms with E-state index in [0.717, 1.165) is 12.5 Å². The van der Waals surface area contributed by atoms with Gasteiger partial charge in [0, 0.05) is 11.4 Å². The summed E-state index contributed by atoms with van der Waals surface area (Å²) in [6.45, 7) is 2.95. The van der Waals surface area contributed by atoms with Crippen LogP contribution in [0.3, 0.4) is 0 Å². The summed E-state index contributed by atoms with van der Waals surface area (Å²) < 4.78 is 0. The summed E-state index contributed by atoms with van der Waals surface area (Å²) in [4.78, 5) is 15.8. The van der Waals surface area contributed by atoms with Crippen molar-refractivity contribution in [1.29, 1.82) is 0 Å². The van der Waals surface area contributed by atoms with Gasteiger partial charge in [-0.05, 0) is 55.4 Å². The lowest BCUT2D eigenvalue weighted by molar-refractivity contribution is -0.130. The monoisotopic (exact) mass is 276 g/mol. The molecule has 1 amide bonds. The van der Waals surface area contributed by atoms with Crippen LogP contribution in [0.1, 0.15) is 43.6 Å². The van der Waals surface area contributed by atoms with Crippen LogP contribution in [0, 0.1) is 11.3 Å². The predicted octanol–water partition coefficient (Wildman–Crippen LogP) is 2.76. The van der Waals surface area contributed by atoms with Crippen molar-refractivity contribution >= 4 is 17.2 Å². The third-order valence-corrected chi connectivity index (χ3v) is 5.93. The number of nitrogens with zero attached hydrogens (tertiary/aromatic N) is 1. The van der Waals surface area contributed by atoms with Crippen LogP contribution in [0.15, 0.2) is 17.5 Å². The van der Waals surface area contributed by atoms with Gasteiger partial charge in [-0.3, -0.25) is 10.1 Å². The van der Waals surface area contributed by atoms with Gasteiger partial charge in [-0.1, -0.05) is 6.07 Å². The Kier molecular flexibility index (Phi) is 2.55. The van der Waals surface area contributed by atoms with Crippen LogP contribution in [0.5, 0.6) is 0 Å². The summed E-state index contributed by atoms with van der Waals surface area (Å²) >= 11 is 1.74. The molecule has 4 rings (SSSR count). The highest BCUT2D eigenvalue weighted by Crippen LogP contribution is 2.62. The number of rotatable bonds is 4. The minimum atomic E-state index is -0.0397. The molecule has 0 spiro atoms. The van der Waals surface area contributed by atoms with Crippen molar-refractivity contribution in [1.82, 2.24) is 10.2 Å². The van der Waals surface area contributed by atoms with Gasteiger partial charge in [-0.25, -0.2) is 0 Å². The molecule has 4 heteroatoms. The lowest BCUT2D eigenvalue weighted by Gasteiger charge is -2.28. The van der Waals surface area contributed by atoms with E-state index in [1.165, 1.54) is 30.6 Å². The van der Waals surface area contributed by atoms with Gasteiger partial charge in [0.15, 0.2) is 0 Å². The predicted molar refractivity (Wildman–Crippen MR) is 75.8 cm³/mol. The first-order valence-electron chi connectivity index (χ1n) is 7.30. The van der Waals surface area contributed by atoms with Crippen molar-refractivity contribution in [2.24, 2.45) is 11.3 Å². The Morgan fingerprint density at radius 3 is 2.84 bits per heavy atom. The van der Waals surface area contributed by atoms with E-state index in [4.69, 9.17) is 0 Å². The first kappa shape index (κ1) is 11.9. The lowest BCUT2D eigenvalue weighted by atomic mass is 9.99. The van der Waals surface area contributed by atoms with Crippen molar-refractivity contribution in [3.8, 4) is 0 Å². The van der Waals surface area contributed by atoms with E-state index in [1.54, 1.807) is 11.3 Å². The van der Waals surface area contributed by atoms with Crippen LogP contribution in [0.4, 0.5) is 0 Å². The Bertz CT molecular complexity index is 490. The number of thiophene rings is 1. The Balaban J connectivity index is 1.58. The van der Waals surface area contributed by atoms with Crippen molar-refractivity contribution in [3.63, 3.8) is 0 Å². The standard InChI is InChI=1S/C15H20N2OS/c1-10-14(18)17(9-15(6-7-15)11-4-5-11)13(16-10)12-3-2-8-19-12/h2-3,8,10-11,13,16H,4-7,9H2,1H3. The zero-order chi connectivity index (χ0) is 13.0. The molecule has 0 radical (unpaired) electrons. The summed E-state index contributed by atoms with van der Waals surface area (Å²) in [5.41, 5.74) is 0.483. The highest BCUT2D eigenvalue weighted by Gasteiger charge is 2.56. The Hall–Kier alpha value is -0.870. The molecule has 2 atom stereocenters. The maximum Gasteiger partial charge on any atom is 0.241 e. The molecule has 2 heterocycles. The molecule has 2 unspecified atom stereocenters. The molecule has 0 bridgehead atoms. The smallest absolute Gasteiger partial charge is 0.241 e. The SMILES string of the molecule is CC1NC(c2cccs2)N(CC2(C3CC3)CC2)C1=O. The molecule has 1 N–H and O–H groups in total. The maximum atomic E-state index is 12.4. The van der Waals surface area contributed by atoms with Crippen LogP contribution in [-0.4, -0.2) is 23.4 Å². The molecule has 2 aliphatic carbocycles. The number of hydrogen-bond donors (Lipinski definition) is 1. The van der Waals surface area contributed by atoms with E-state index in [9.17, 15) is 4.79 Å². The molecule has 2 saturated carbocycles. The van der Waals surface area contributed by atoms with Crippen molar-refractivity contribution in [2.45, 2.75) is 44.8 Å². The molecule has 3 aliphatic rings. The molecule has 3 fully saturated rings. The topological polar surface area (TPSA) is 32.3 Å². The number of carbonyl (C=O) groups is 1. The fraction of sp³-hybridized carbons (Fsp3) is 0.667. The van der Waals surface area contributed by atoms with E-state index in [2.05, 4.69) is 27.7 Å². The van der Waals surface area contributed by atoms with E-state index in [0.29, 0.717) is 5.41 Å². The molecule has 0 aromatic carbocycles. The fourth-order valence-corrected chi connectivity index (χ4v) is 4.31. The average Bonchev–Trinajstić information content (AvgIpc) is 3.30. The van der Waals surface area contributed by atoms with Gasteiger partial charge in [-0.15, -0.1) is 11.3 Å². The number of amides is 1. The molecule has 19 heavy (non-hydrogen) atoms. The normalized spacial score (nSPS) is 32.9. The van der Waals surface area contributed by atoms with Crippen LogP contribution >= 0.6 is 11.3 Å². The van der Waals surface area contributed by atoms with Gasteiger partial charge >= 0.3 is 0 Å². The van der Waals surface area contributed by atoms with E-state index >= 15 is 0 Å². The summed E-state index contributed by atoms with van der Waals surface area (Å²) in [5.74, 6) is 1.19. The average molecular weight is 276 g/mol. The molecule has 1 saturated heterocycles. The molecular formula is C15H20N2OS. The van der Waals surface area contributed by atoms with E-state index in [1.807, 2.05) is 6.92 Å². The molecule has 1 aromatic heterocycles. The molecule has 1 aromatic rings. The first-order valence-corrected chi connectivity index (χ1v) is 8.17. The second-order valence-corrected chi connectivity index (χ2v) is 7.39. The van der Waals surface area contributed by atoms with Crippen molar-refractivity contribution < 1.29 is 4.79 Å². The lowest BCUT2D eigenvalue weighted by Crippen LogP contribution is -2.36. The highest BCUT2D eigenvalue weighted by atomic mass is 32.1. The van der Waals surface area contributed by atoms with Gasteiger partial charge < -0.3 is 4.90 Å². The van der Waals surface area contributed by atoms with Gasteiger partial charge in [0.1, 0.15) is 6.17 Å². The Morgan fingerprint density at radius 2 is 2.26 bits per heavy atom. The van der Waals surface area contributed by atoms with Gasteiger partial charge in [0.2, 0.25) is 5.91 Å². The second-order valence-electron chi connectivity index (χ2n) is 6.41. The zero-order valence-corrected chi connectivity index (χ0v) is 12.1. The fourth-order valence-electron chi connectivity index (χ4n) is 3.52. The first-order chi connectivity index (χ1) is 9.20.